The molecule has 0 unspecified atom stereocenters. The molecule has 0 spiro atoms. The number of esters is 1. The van der Waals surface area contributed by atoms with Crippen molar-refractivity contribution in [2.24, 2.45) is 0 Å². The van der Waals surface area contributed by atoms with Gasteiger partial charge in [-0.1, -0.05) is 12.1 Å². The molecule has 0 saturated carbocycles. The Balaban J connectivity index is 1.81. The number of pyridine rings is 1. The summed E-state index contributed by atoms with van der Waals surface area (Å²) in [6.07, 6.45) is -3.26. The molecule has 2 rings (SSSR count). The van der Waals surface area contributed by atoms with Gasteiger partial charge in [0.05, 0.1) is 18.1 Å². The van der Waals surface area contributed by atoms with Crippen molar-refractivity contribution in [3.05, 3.63) is 53.7 Å². The van der Waals surface area contributed by atoms with Crippen LogP contribution in [0, 0.1) is 11.3 Å². The van der Waals surface area contributed by atoms with Crippen LogP contribution >= 0.6 is 0 Å². The number of alkyl halides is 3. The van der Waals surface area contributed by atoms with E-state index in [-0.39, 0.29) is 17.9 Å². The number of rotatable bonds is 7. The highest BCUT2D eigenvalue weighted by Crippen LogP contribution is 2.17. The van der Waals surface area contributed by atoms with Crippen LogP contribution in [0.4, 0.5) is 18.9 Å². The first-order chi connectivity index (χ1) is 13.3. The third kappa shape index (κ3) is 6.95. The molecule has 1 N–H and O–H groups in total. The average Bonchev–Trinajstić information content (AvgIpc) is 2.66. The van der Waals surface area contributed by atoms with E-state index in [0.717, 1.165) is 17.8 Å². The van der Waals surface area contributed by atoms with Gasteiger partial charge in [-0.3, -0.25) is 4.79 Å². The zero-order valence-electron chi connectivity index (χ0n) is 14.3. The van der Waals surface area contributed by atoms with Gasteiger partial charge in [-0.15, -0.1) is 0 Å². The van der Waals surface area contributed by atoms with Crippen molar-refractivity contribution in [2.75, 3.05) is 18.5 Å². The van der Waals surface area contributed by atoms with Crippen LogP contribution in [0.5, 0.6) is 5.88 Å². The van der Waals surface area contributed by atoms with Crippen LogP contribution in [-0.4, -0.2) is 36.3 Å². The second-order valence-electron chi connectivity index (χ2n) is 5.45. The summed E-state index contributed by atoms with van der Waals surface area (Å²) < 4.78 is 45.4. The first kappa shape index (κ1) is 20.7. The number of benzene rings is 1. The van der Waals surface area contributed by atoms with Crippen molar-refractivity contribution < 1.29 is 32.2 Å². The van der Waals surface area contributed by atoms with Crippen molar-refractivity contribution in [3.63, 3.8) is 0 Å². The van der Waals surface area contributed by atoms with Gasteiger partial charge in [-0.25, -0.2) is 9.78 Å². The van der Waals surface area contributed by atoms with Gasteiger partial charge in [0, 0.05) is 18.0 Å². The number of ether oxygens (including phenoxy) is 2. The molecular formula is C18H14F3N3O4. The van der Waals surface area contributed by atoms with Crippen LogP contribution in [0.15, 0.2) is 42.6 Å². The van der Waals surface area contributed by atoms with Crippen LogP contribution < -0.4 is 10.1 Å². The van der Waals surface area contributed by atoms with E-state index in [9.17, 15) is 22.8 Å². The largest absolute Gasteiger partial charge is 0.468 e. The van der Waals surface area contributed by atoms with E-state index in [0.29, 0.717) is 5.69 Å². The molecule has 1 aromatic heterocycles. The van der Waals surface area contributed by atoms with E-state index in [2.05, 4.69) is 15.0 Å². The molecule has 0 bridgehead atoms. The van der Waals surface area contributed by atoms with E-state index < -0.39 is 31.3 Å². The molecule has 10 heteroatoms. The summed E-state index contributed by atoms with van der Waals surface area (Å²) in [5.41, 5.74) is 1.21. The highest BCUT2D eigenvalue weighted by molar-refractivity contribution is 5.95. The first-order valence-electron chi connectivity index (χ1n) is 7.85. The lowest BCUT2D eigenvalue weighted by molar-refractivity contribution is -0.154. The Morgan fingerprint density at radius 1 is 1.14 bits per heavy atom. The molecule has 1 amide bonds. The monoisotopic (exact) mass is 393 g/mol. The second-order valence-corrected chi connectivity index (χ2v) is 5.45. The smallest absolute Gasteiger partial charge is 0.422 e. The lowest BCUT2D eigenvalue weighted by Crippen LogP contribution is -2.21. The summed E-state index contributed by atoms with van der Waals surface area (Å²) in [4.78, 5) is 27.2. The number of anilines is 1. The fraction of sp³-hybridized carbons (Fsp3) is 0.222. The summed E-state index contributed by atoms with van der Waals surface area (Å²) in [5.74, 6) is -1.75. The highest BCUT2D eigenvalue weighted by atomic mass is 19.4. The van der Waals surface area contributed by atoms with Crippen molar-refractivity contribution in [2.45, 2.75) is 12.6 Å². The van der Waals surface area contributed by atoms with Gasteiger partial charge in [0.25, 0.3) is 5.91 Å². The lowest BCUT2D eigenvalue weighted by atomic mass is 10.1. The summed E-state index contributed by atoms with van der Waals surface area (Å²) in [6.45, 7) is -2.06. The van der Waals surface area contributed by atoms with Gasteiger partial charge in [0.1, 0.15) is 0 Å². The molecule has 0 aliphatic rings. The fourth-order valence-electron chi connectivity index (χ4n) is 1.95. The summed E-state index contributed by atoms with van der Waals surface area (Å²) in [6, 6.07) is 10.8. The Bertz CT molecular complexity index is 860. The predicted octanol–water partition coefficient (Wildman–Crippen LogP) is 2.88. The molecule has 0 aliphatic heterocycles. The maximum atomic E-state index is 12.1. The van der Waals surface area contributed by atoms with E-state index in [1.165, 1.54) is 6.07 Å². The summed E-state index contributed by atoms with van der Waals surface area (Å²) in [7, 11) is 0. The summed E-state index contributed by atoms with van der Waals surface area (Å²) >= 11 is 0. The van der Waals surface area contributed by atoms with Crippen molar-refractivity contribution in [1.82, 2.24) is 4.98 Å². The Morgan fingerprint density at radius 2 is 1.86 bits per heavy atom. The van der Waals surface area contributed by atoms with Crippen molar-refractivity contribution in [1.29, 1.82) is 5.26 Å². The standard InChI is InChI=1S/C18H14F3N3O4/c19-18(20,21)11-28-16-6-3-13(9-23-16)17(26)27-10-15(25)24-14-4-1-12(2-5-14)7-8-22/h1-6,9H,7,10-11H2,(H,24,25). The number of nitriles is 1. The zero-order valence-corrected chi connectivity index (χ0v) is 14.3. The molecular weight excluding hydrogens is 379 g/mol. The van der Waals surface area contributed by atoms with Gasteiger partial charge in [-0.2, -0.15) is 18.4 Å². The Labute approximate surface area is 157 Å². The van der Waals surface area contributed by atoms with Crippen LogP contribution in [0.1, 0.15) is 15.9 Å². The third-order valence-electron chi connectivity index (χ3n) is 3.21. The van der Waals surface area contributed by atoms with Gasteiger partial charge < -0.3 is 14.8 Å². The molecule has 28 heavy (non-hydrogen) atoms. The number of aromatic nitrogens is 1. The van der Waals surface area contributed by atoms with Gasteiger partial charge in [0.2, 0.25) is 5.88 Å². The number of hydrogen-bond donors (Lipinski definition) is 1. The molecule has 1 heterocycles. The fourth-order valence-corrected chi connectivity index (χ4v) is 1.95. The highest BCUT2D eigenvalue weighted by Gasteiger charge is 2.28. The van der Waals surface area contributed by atoms with E-state index >= 15 is 0 Å². The van der Waals surface area contributed by atoms with Gasteiger partial charge in [-0.05, 0) is 23.8 Å². The van der Waals surface area contributed by atoms with Crippen molar-refractivity contribution in [3.8, 4) is 11.9 Å². The molecule has 2 aromatic rings. The topological polar surface area (TPSA) is 101 Å². The SMILES string of the molecule is N#CCc1ccc(NC(=O)COC(=O)c2ccc(OCC(F)(F)F)nc2)cc1. The average molecular weight is 393 g/mol. The quantitative estimate of drug-likeness (QED) is 0.726. The van der Waals surface area contributed by atoms with Crippen molar-refractivity contribution >= 4 is 17.6 Å². The second kappa shape index (κ2) is 9.36. The number of nitrogens with one attached hydrogen (secondary N) is 1. The Morgan fingerprint density at radius 3 is 2.43 bits per heavy atom. The number of carbonyl (C=O) groups excluding carboxylic acids is 2. The maximum absolute atomic E-state index is 12.1. The molecule has 0 saturated heterocycles. The van der Waals surface area contributed by atoms with Crippen LogP contribution in [0.2, 0.25) is 0 Å². The first-order valence-corrected chi connectivity index (χ1v) is 7.85. The minimum absolute atomic E-state index is 0.0481. The van der Waals surface area contributed by atoms with E-state index in [1.54, 1.807) is 24.3 Å². The third-order valence-corrected chi connectivity index (χ3v) is 3.21. The number of hydrogen-bond acceptors (Lipinski definition) is 6. The molecule has 0 fully saturated rings. The molecule has 1 aromatic carbocycles. The van der Waals surface area contributed by atoms with Gasteiger partial charge in [0.15, 0.2) is 13.2 Å². The minimum Gasteiger partial charge on any atom is -0.468 e. The minimum atomic E-state index is -4.50. The Kier molecular flexibility index (Phi) is 6.92. The molecule has 0 atom stereocenters. The maximum Gasteiger partial charge on any atom is 0.422 e. The predicted molar refractivity (Wildman–Crippen MR) is 90.5 cm³/mol. The Hall–Kier alpha value is -3.61. The van der Waals surface area contributed by atoms with Crippen LogP contribution in [0.25, 0.3) is 0 Å². The number of halogens is 3. The molecule has 0 aliphatic carbocycles. The van der Waals surface area contributed by atoms with Crippen LogP contribution in [0.3, 0.4) is 0 Å². The number of nitrogens with zero attached hydrogens (tertiary/aromatic N) is 2. The van der Waals surface area contributed by atoms with E-state index in [4.69, 9.17) is 10.00 Å². The summed E-state index contributed by atoms with van der Waals surface area (Å²) in [5, 5.41) is 11.1. The number of carbonyl (C=O) groups is 2. The molecule has 7 nitrogen and oxygen atoms in total. The molecule has 0 radical (unpaired) electrons. The van der Waals surface area contributed by atoms with E-state index in [1.807, 2.05) is 6.07 Å². The number of amides is 1. The zero-order chi connectivity index (χ0) is 20.6. The lowest BCUT2D eigenvalue weighted by Gasteiger charge is -2.09. The van der Waals surface area contributed by atoms with Crippen LogP contribution in [-0.2, 0) is 16.0 Å². The normalized spacial score (nSPS) is 10.6. The molecule has 146 valence electrons. The van der Waals surface area contributed by atoms with Gasteiger partial charge >= 0.3 is 12.1 Å².